The summed E-state index contributed by atoms with van der Waals surface area (Å²) in [6, 6.07) is 6.22. The summed E-state index contributed by atoms with van der Waals surface area (Å²) in [6.07, 6.45) is -3.48. The van der Waals surface area contributed by atoms with Gasteiger partial charge in [-0.25, -0.2) is 4.98 Å². The molecule has 0 aliphatic rings. The van der Waals surface area contributed by atoms with Crippen LogP contribution < -0.4 is 5.32 Å². The third kappa shape index (κ3) is 5.39. The van der Waals surface area contributed by atoms with Crippen LogP contribution >= 0.6 is 34.2 Å². The standard InChI is InChI=1S/C18H14ClF3IN5O2/c19-12-6-9(18(20,21)22)8-25-16(12)24-5-1-2-14(29)27-28-15-11-7-10(23)3-4-13(11)26-17(15)30/h3-4,6-8,26,30H,1-2,5H2,(H,24,25). The van der Waals surface area contributed by atoms with E-state index in [9.17, 15) is 23.1 Å². The normalized spacial score (nSPS) is 12.0. The molecule has 30 heavy (non-hydrogen) atoms. The van der Waals surface area contributed by atoms with Gasteiger partial charge in [0.2, 0.25) is 5.88 Å². The third-order valence-electron chi connectivity index (χ3n) is 4.00. The van der Waals surface area contributed by atoms with Crippen molar-refractivity contribution in [2.24, 2.45) is 10.2 Å². The first-order valence-electron chi connectivity index (χ1n) is 8.56. The minimum absolute atomic E-state index is 0.0371. The Morgan fingerprint density at radius 2 is 2.10 bits per heavy atom. The third-order valence-corrected chi connectivity index (χ3v) is 4.96. The van der Waals surface area contributed by atoms with E-state index in [0.717, 1.165) is 9.64 Å². The number of H-pyrrole nitrogens is 1. The van der Waals surface area contributed by atoms with Crippen molar-refractivity contribution in [1.82, 2.24) is 9.97 Å². The molecule has 7 nitrogen and oxygen atoms in total. The fraction of sp³-hybridized carbons (Fsp3) is 0.222. The van der Waals surface area contributed by atoms with Gasteiger partial charge in [-0.2, -0.15) is 13.2 Å². The summed E-state index contributed by atoms with van der Waals surface area (Å²) in [4.78, 5) is 18.3. The minimum Gasteiger partial charge on any atom is -0.493 e. The lowest BCUT2D eigenvalue weighted by Gasteiger charge is -2.10. The maximum Gasteiger partial charge on any atom is 0.417 e. The van der Waals surface area contributed by atoms with Crippen LogP contribution in [0.25, 0.3) is 10.9 Å². The van der Waals surface area contributed by atoms with Gasteiger partial charge in [0, 0.05) is 28.1 Å². The highest BCUT2D eigenvalue weighted by molar-refractivity contribution is 14.1. The van der Waals surface area contributed by atoms with Crippen molar-refractivity contribution in [2.45, 2.75) is 19.0 Å². The van der Waals surface area contributed by atoms with Crippen LogP contribution in [-0.2, 0) is 11.0 Å². The zero-order chi connectivity index (χ0) is 21.9. The van der Waals surface area contributed by atoms with Crippen molar-refractivity contribution in [3.8, 4) is 5.88 Å². The van der Waals surface area contributed by atoms with Crippen LogP contribution in [0.5, 0.6) is 5.88 Å². The largest absolute Gasteiger partial charge is 0.493 e. The number of rotatable bonds is 6. The van der Waals surface area contributed by atoms with E-state index in [2.05, 4.69) is 48.1 Å². The zero-order valence-corrected chi connectivity index (χ0v) is 18.0. The highest BCUT2D eigenvalue weighted by atomic mass is 127. The Morgan fingerprint density at radius 3 is 2.80 bits per heavy atom. The number of nitrogens with zero attached hydrogens (tertiary/aromatic N) is 3. The molecule has 2 heterocycles. The molecule has 3 N–H and O–H groups in total. The lowest BCUT2D eigenvalue weighted by Crippen LogP contribution is -2.09. The highest BCUT2D eigenvalue weighted by Gasteiger charge is 2.31. The first kappa shape index (κ1) is 22.3. The number of hydrogen-bond acceptors (Lipinski definition) is 5. The molecule has 0 bridgehead atoms. The molecule has 0 unspecified atom stereocenters. The molecule has 158 valence electrons. The van der Waals surface area contributed by atoms with Gasteiger partial charge in [0.05, 0.1) is 16.1 Å². The van der Waals surface area contributed by atoms with E-state index in [1.54, 1.807) is 12.1 Å². The van der Waals surface area contributed by atoms with Gasteiger partial charge in [-0.3, -0.25) is 4.79 Å². The van der Waals surface area contributed by atoms with Gasteiger partial charge >= 0.3 is 6.18 Å². The molecule has 0 saturated heterocycles. The molecule has 1 amide bonds. The predicted molar refractivity (Wildman–Crippen MR) is 114 cm³/mol. The number of hydrogen-bond donors (Lipinski definition) is 3. The zero-order valence-electron chi connectivity index (χ0n) is 15.1. The number of alkyl halides is 3. The highest BCUT2D eigenvalue weighted by Crippen LogP contribution is 2.36. The molecule has 0 radical (unpaired) electrons. The molecule has 0 atom stereocenters. The summed E-state index contributed by atoms with van der Waals surface area (Å²) >= 11 is 7.92. The number of nitrogens with one attached hydrogen (secondary N) is 2. The Kier molecular flexibility index (Phi) is 6.81. The van der Waals surface area contributed by atoms with Crippen molar-refractivity contribution in [3.63, 3.8) is 0 Å². The summed E-state index contributed by atoms with van der Waals surface area (Å²) in [5.41, 5.74) is -0.0981. The molecular weight excluding hydrogens is 538 g/mol. The van der Waals surface area contributed by atoms with Crippen LogP contribution in [0.4, 0.5) is 24.7 Å². The number of fused-ring (bicyclic) bond motifs is 1. The topological polar surface area (TPSA) is 103 Å². The Hall–Kier alpha value is -2.41. The molecule has 0 saturated carbocycles. The SMILES string of the molecule is O=C(CCCNc1ncc(C(F)(F)F)cc1Cl)N=Nc1c(O)[nH]c2ccc(I)cc12. The number of pyridine rings is 1. The molecule has 1 aromatic carbocycles. The quantitative estimate of drug-likeness (QED) is 0.197. The van der Waals surface area contributed by atoms with Gasteiger partial charge in [-0.1, -0.05) is 11.6 Å². The van der Waals surface area contributed by atoms with Gasteiger partial charge in [0.25, 0.3) is 5.91 Å². The summed E-state index contributed by atoms with van der Waals surface area (Å²) in [6.45, 7) is 0.246. The fourth-order valence-corrected chi connectivity index (χ4v) is 3.29. The summed E-state index contributed by atoms with van der Waals surface area (Å²) in [5, 5.41) is 20.7. The predicted octanol–water partition coefficient (Wildman–Crippen LogP) is 6.05. The van der Waals surface area contributed by atoms with Crippen LogP contribution in [0.15, 0.2) is 40.7 Å². The van der Waals surface area contributed by atoms with E-state index >= 15 is 0 Å². The average Bonchev–Trinajstić information content (AvgIpc) is 2.98. The van der Waals surface area contributed by atoms with E-state index in [4.69, 9.17) is 11.6 Å². The number of amides is 1. The molecule has 3 rings (SSSR count). The number of aromatic amines is 1. The molecule has 3 aromatic rings. The number of aromatic hydroxyl groups is 1. The van der Waals surface area contributed by atoms with Crippen LogP contribution in [0.3, 0.4) is 0 Å². The summed E-state index contributed by atoms with van der Waals surface area (Å²) < 4.78 is 38.8. The number of halogens is 5. The number of anilines is 1. The molecule has 0 aliphatic heterocycles. The van der Waals surface area contributed by atoms with Gasteiger partial charge in [-0.15, -0.1) is 10.2 Å². The van der Waals surface area contributed by atoms with Crippen molar-refractivity contribution in [3.05, 3.63) is 44.6 Å². The van der Waals surface area contributed by atoms with Crippen LogP contribution in [0.1, 0.15) is 18.4 Å². The Balaban J connectivity index is 1.54. The number of benzene rings is 1. The van der Waals surface area contributed by atoms with E-state index in [1.807, 2.05) is 6.07 Å². The van der Waals surface area contributed by atoms with Crippen LogP contribution in [0.2, 0.25) is 5.02 Å². The fourth-order valence-electron chi connectivity index (χ4n) is 2.56. The maximum atomic E-state index is 12.6. The monoisotopic (exact) mass is 551 g/mol. The van der Waals surface area contributed by atoms with Crippen molar-refractivity contribution in [1.29, 1.82) is 0 Å². The summed E-state index contributed by atoms with van der Waals surface area (Å²) in [5.74, 6) is -0.604. The first-order valence-corrected chi connectivity index (χ1v) is 10.0. The van der Waals surface area contributed by atoms with Crippen molar-refractivity contribution >= 4 is 62.5 Å². The average molecular weight is 552 g/mol. The molecule has 0 spiro atoms. The minimum atomic E-state index is -4.52. The Labute approximate surface area is 186 Å². The Bertz CT molecular complexity index is 1120. The maximum absolute atomic E-state index is 12.6. The molecule has 2 aromatic heterocycles. The molecule has 0 fully saturated rings. The van der Waals surface area contributed by atoms with E-state index in [0.29, 0.717) is 23.5 Å². The molecule has 0 aliphatic carbocycles. The second kappa shape index (κ2) is 9.16. The smallest absolute Gasteiger partial charge is 0.417 e. The van der Waals surface area contributed by atoms with E-state index in [1.165, 1.54) is 0 Å². The van der Waals surface area contributed by atoms with Crippen LogP contribution in [-0.4, -0.2) is 27.5 Å². The molecule has 12 heteroatoms. The lowest BCUT2D eigenvalue weighted by atomic mass is 10.2. The Morgan fingerprint density at radius 1 is 1.33 bits per heavy atom. The number of carbonyl (C=O) groups is 1. The van der Waals surface area contributed by atoms with Gasteiger partial charge in [-0.05, 0) is 53.3 Å². The van der Waals surface area contributed by atoms with Crippen molar-refractivity contribution in [2.75, 3.05) is 11.9 Å². The van der Waals surface area contributed by atoms with Crippen LogP contribution in [0, 0.1) is 3.57 Å². The van der Waals surface area contributed by atoms with E-state index in [-0.39, 0.29) is 35.4 Å². The number of aromatic nitrogens is 2. The van der Waals surface area contributed by atoms with Gasteiger partial charge in [0.1, 0.15) is 5.82 Å². The number of carbonyl (C=O) groups excluding carboxylic acids is 1. The van der Waals surface area contributed by atoms with Crippen molar-refractivity contribution < 1.29 is 23.1 Å². The second-order valence-corrected chi connectivity index (χ2v) is 7.84. The number of azo groups is 1. The first-order chi connectivity index (χ1) is 14.1. The van der Waals surface area contributed by atoms with Gasteiger partial charge in [0.15, 0.2) is 5.69 Å². The lowest BCUT2D eigenvalue weighted by molar-refractivity contribution is -0.137. The second-order valence-electron chi connectivity index (χ2n) is 6.19. The van der Waals surface area contributed by atoms with E-state index < -0.39 is 17.6 Å². The van der Waals surface area contributed by atoms with Gasteiger partial charge < -0.3 is 15.4 Å². The molecular formula is C18H14ClF3IN5O2. The summed E-state index contributed by atoms with van der Waals surface area (Å²) in [7, 11) is 0.